The Labute approximate surface area is 232 Å². The molecule has 1 unspecified atom stereocenters. The molecule has 0 saturated carbocycles. The summed E-state index contributed by atoms with van der Waals surface area (Å²) < 4.78 is 26.4. The third-order valence-electron chi connectivity index (χ3n) is 6.09. The summed E-state index contributed by atoms with van der Waals surface area (Å²) >= 11 is 3.60. The molecule has 0 aliphatic rings. The van der Waals surface area contributed by atoms with Gasteiger partial charge in [0.1, 0.15) is 23.5 Å². The fraction of sp³-hybridized carbons (Fsp3) is 0.276. The second-order valence-electron chi connectivity index (χ2n) is 9.34. The van der Waals surface area contributed by atoms with Gasteiger partial charge in [-0.15, -0.1) is 0 Å². The molecule has 1 atom stereocenters. The molecule has 204 valence electrons. The van der Waals surface area contributed by atoms with Gasteiger partial charge in [0.05, 0.1) is 25.3 Å². The zero-order chi connectivity index (χ0) is 28.2. The molecule has 10 heteroatoms. The van der Waals surface area contributed by atoms with Crippen LogP contribution in [-0.2, 0) is 24.3 Å². The van der Waals surface area contributed by atoms with E-state index in [2.05, 4.69) is 20.9 Å². The molecule has 2 heterocycles. The van der Waals surface area contributed by atoms with Crippen molar-refractivity contribution in [1.82, 2.24) is 9.55 Å². The van der Waals surface area contributed by atoms with E-state index in [4.69, 9.17) is 9.47 Å². The third kappa shape index (κ3) is 6.35. The first-order chi connectivity index (χ1) is 18.6. The number of carbonyl (C=O) groups is 1. The van der Waals surface area contributed by atoms with Gasteiger partial charge in [-0.2, -0.15) is 0 Å². The molecule has 2 N–H and O–H groups in total. The van der Waals surface area contributed by atoms with E-state index in [1.54, 1.807) is 25.3 Å². The first-order valence-electron chi connectivity index (χ1n) is 12.3. The molecule has 2 aromatic heterocycles. The number of aromatic nitrogens is 2. The van der Waals surface area contributed by atoms with Gasteiger partial charge in [0.2, 0.25) is 0 Å². The van der Waals surface area contributed by atoms with Gasteiger partial charge in [-0.05, 0) is 58.6 Å². The number of nitrogens with zero attached hydrogens (tertiary/aromatic N) is 2. The Kier molecular flexibility index (Phi) is 8.79. The molecular formula is C29H28BrFN2O6. The number of carbonyl (C=O) groups excluding carboxylic acids is 1. The summed E-state index contributed by atoms with van der Waals surface area (Å²) in [7, 11) is 0. The number of aliphatic hydroxyl groups is 2. The van der Waals surface area contributed by atoms with Crippen LogP contribution < -0.4 is 10.3 Å². The zero-order valence-corrected chi connectivity index (χ0v) is 23.1. The molecule has 0 aliphatic carbocycles. The molecule has 2 aromatic carbocycles. The van der Waals surface area contributed by atoms with Crippen molar-refractivity contribution in [2.24, 2.45) is 0 Å². The van der Waals surface area contributed by atoms with Crippen molar-refractivity contribution in [3.63, 3.8) is 0 Å². The summed E-state index contributed by atoms with van der Waals surface area (Å²) in [5, 5.41) is 20.5. The van der Waals surface area contributed by atoms with Gasteiger partial charge in [-0.25, -0.2) is 9.18 Å². The van der Waals surface area contributed by atoms with Gasteiger partial charge in [0.15, 0.2) is 11.3 Å². The van der Waals surface area contributed by atoms with Gasteiger partial charge in [0.25, 0.3) is 5.56 Å². The Bertz CT molecular complexity index is 1540. The second kappa shape index (κ2) is 12.1. The number of rotatable bonds is 10. The van der Waals surface area contributed by atoms with Crippen molar-refractivity contribution in [2.75, 3.05) is 13.2 Å². The summed E-state index contributed by atoms with van der Waals surface area (Å²) in [4.78, 5) is 31.5. The van der Waals surface area contributed by atoms with Crippen molar-refractivity contribution in [3.8, 4) is 5.75 Å². The van der Waals surface area contributed by atoms with Crippen molar-refractivity contribution >= 4 is 32.9 Å². The minimum Gasteiger partial charge on any atom is -0.485 e. The monoisotopic (exact) mass is 598 g/mol. The van der Waals surface area contributed by atoms with Gasteiger partial charge in [0, 0.05) is 17.1 Å². The molecule has 0 saturated heterocycles. The molecule has 4 rings (SSSR count). The van der Waals surface area contributed by atoms with Crippen LogP contribution in [0.15, 0.2) is 70.1 Å². The normalized spacial score (nSPS) is 12.8. The molecule has 0 radical (unpaired) electrons. The Morgan fingerprint density at radius 1 is 1.13 bits per heavy atom. The Hall–Kier alpha value is -3.60. The summed E-state index contributed by atoms with van der Waals surface area (Å²) in [6.07, 6.45) is 1.94. The number of aliphatic hydroxyl groups excluding tert-OH is 1. The molecular weight excluding hydrogens is 571 g/mol. The molecule has 0 spiro atoms. The largest absolute Gasteiger partial charge is 0.485 e. The van der Waals surface area contributed by atoms with E-state index in [9.17, 15) is 24.2 Å². The molecule has 8 nitrogen and oxygen atoms in total. The Balaban J connectivity index is 1.97. The van der Waals surface area contributed by atoms with Crippen LogP contribution in [-0.4, -0.2) is 44.5 Å². The van der Waals surface area contributed by atoms with E-state index in [-0.39, 0.29) is 47.9 Å². The predicted molar refractivity (Wildman–Crippen MR) is 147 cm³/mol. The highest BCUT2D eigenvalue weighted by atomic mass is 79.9. The maximum atomic E-state index is 13.9. The second-order valence-corrected chi connectivity index (χ2v) is 10.1. The van der Waals surface area contributed by atoms with Crippen LogP contribution in [0.2, 0.25) is 0 Å². The van der Waals surface area contributed by atoms with E-state index in [0.717, 1.165) is 11.1 Å². The van der Waals surface area contributed by atoms with Crippen LogP contribution in [0.1, 0.15) is 40.9 Å². The van der Waals surface area contributed by atoms with E-state index in [1.165, 1.54) is 23.6 Å². The summed E-state index contributed by atoms with van der Waals surface area (Å²) in [5.41, 5.74) is -0.0798. The highest BCUT2D eigenvalue weighted by Gasteiger charge is 2.31. The standard InChI is InChI=1S/C29H28BrFN2O6/c1-3-38-28(36)22-26(39-15-19-7-5-4-6-8-19)24-25(33(27(22)35)16-29(2,37)17-34)23(30)20(14-32-24)13-18-9-11-21(31)12-10-18/h4-12,14,34,37H,3,13,15-17H2,1-2H3. The first kappa shape index (κ1) is 28.4. The molecule has 39 heavy (non-hydrogen) atoms. The number of hydrogen-bond acceptors (Lipinski definition) is 7. The van der Waals surface area contributed by atoms with Crippen LogP contribution in [0.25, 0.3) is 11.0 Å². The van der Waals surface area contributed by atoms with Crippen LogP contribution in [0.3, 0.4) is 0 Å². The van der Waals surface area contributed by atoms with Crippen molar-refractivity contribution in [2.45, 2.75) is 39.0 Å². The number of ether oxygens (including phenoxy) is 2. The fourth-order valence-corrected chi connectivity index (χ4v) is 4.77. The highest BCUT2D eigenvalue weighted by molar-refractivity contribution is 9.10. The minimum atomic E-state index is -1.69. The predicted octanol–water partition coefficient (Wildman–Crippen LogP) is 4.39. The molecule has 4 aromatic rings. The fourth-order valence-electron chi connectivity index (χ4n) is 4.12. The maximum Gasteiger partial charge on any atom is 0.347 e. The lowest BCUT2D eigenvalue weighted by molar-refractivity contribution is -0.0119. The number of esters is 1. The first-order valence-corrected chi connectivity index (χ1v) is 13.1. The van der Waals surface area contributed by atoms with Crippen LogP contribution in [0, 0.1) is 5.82 Å². The van der Waals surface area contributed by atoms with Crippen molar-refractivity contribution in [1.29, 1.82) is 0 Å². The summed E-state index contributed by atoms with van der Waals surface area (Å²) in [6.45, 7) is 2.09. The average Bonchev–Trinajstić information content (AvgIpc) is 2.92. The van der Waals surface area contributed by atoms with Crippen LogP contribution in [0.5, 0.6) is 5.75 Å². The molecule has 0 amide bonds. The average molecular weight is 599 g/mol. The van der Waals surface area contributed by atoms with E-state index in [1.807, 2.05) is 30.3 Å². The van der Waals surface area contributed by atoms with Crippen molar-refractivity contribution in [3.05, 3.63) is 104 Å². The summed E-state index contributed by atoms with van der Waals surface area (Å²) in [6, 6.07) is 15.2. The molecule has 0 fully saturated rings. The lowest BCUT2D eigenvalue weighted by atomic mass is 10.0. The number of halogens is 2. The minimum absolute atomic E-state index is 0.0243. The molecule has 0 aliphatic heterocycles. The van der Waals surface area contributed by atoms with Gasteiger partial charge in [-0.1, -0.05) is 42.5 Å². The topological polar surface area (TPSA) is 111 Å². The van der Waals surface area contributed by atoms with E-state index < -0.39 is 23.7 Å². The SMILES string of the molecule is CCOC(=O)c1c(OCc2ccccc2)c2ncc(Cc3ccc(F)cc3)c(Br)c2n(CC(C)(O)CO)c1=O. The van der Waals surface area contributed by atoms with Gasteiger partial charge in [-0.3, -0.25) is 9.78 Å². The number of pyridine rings is 2. The number of fused-ring (bicyclic) bond motifs is 1. The smallest absolute Gasteiger partial charge is 0.347 e. The zero-order valence-electron chi connectivity index (χ0n) is 21.5. The lowest BCUT2D eigenvalue weighted by Gasteiger charge is -2.25. The molecule has 0 bridgehead atoms. The van der Waals surface area contributed by atoms with E-state index >= 15 is 0 Å². The van der Waals surface area contributed by atoms with E-state index in [0.29, 0.717) is 16.5 Å². The summed E-state index contributed by atoms with van der Waals surface area (Å²) in [5.74, 6) is -1.30. The highest BCUT2D eigenvalue weighted by Crippen LogP contribution is 2.35. The maximum absolute atomic E-state index is 13.9. The quantitative estimate of drug-likeness (QED) is 0.260. The Morgan fingerprint density at radius 2 is 1.82 bits per heavy atom. The van der Waals surface area contributed by atoms with Gasteiger partial charge < -0.3 is 24.3 Å². The third-order valence-corrected chi connectivity index (χ3v) is 6.97. The lowest BCUT2D eigenvalue weighted by Crippen LogP contribution is -2.40. The number of hydrogen-bond donors (Lipinski definition) is 2. The Morgan fingerprint density at radius 3 is 2.46 bits per heavy atom. The van der Waals surface area contributed by atoms with Crippen LogP contribution in [0.4, 0.5) is 4.39 Å². The van der Waals surface area contributed by atoms with Gasteiger partial charge >= 0.3 is 5.97 Å². The van der Waals surface area contributed by atoms with Crippen molar-refractivity contribution < 1.29 is 28.9 Å². The van der Waals surface area contributed by atoms with Crippen LogP contribution >= 0.6 is 15.9 Å². The number of benzene rings is 2.